The first-order chi connectivity index (χ1) is 10.2. The molecule has 1 fully saturated rings. The first-order valence-electron chi connectivity index (χ1n) is 7.00. The van der Waals surface area contributed by atoms with Crippen molar-refractivity contribution < 1.29 is 4.74 Å². The standard InChI is InChI=1S/C16H16Cl2N2O/c17-12-5-3-11(4-6-12)15-8-14(9-20-16(15)18)21-10-13-2-1-7-19-13/h3-6,8-9,13,19H,1-2,7,10H2. The van der Waals surface area contributed by atoms with Gasteiger partial charge in [-0.2, -0.15) is 0 Å². The number of hydrogen-bond acceptors (Lipinski definition) is 3. The van der Waals surface area contributed by atoms with Crippen LogP contribution >= 0.6 is 23.2 Å². The van der Waals surface area contributed by atoms with E-state index in [0.29, 0.717) is 22.8 Å². The first kappa shape index (κ1) is 14.6. The fourth-order valence-electron chi connectivity index (χ4n) is 2.44. The second-order valence-electron chi connectivity index (χ2n) is 5.12. The molecule has 2 aromatic rings. The van der Waals surface area contributed by atoms with Crippen LogP contribution in [0.2, 0.25) is 10.2 Å². The fourth-order valence-corrected chi connectivity index (χ4v) is 2.77. The van der Waals surface area contributed by atoms with Crippen molar-refractivity contribution in [3.8, 4) is 16.9 Å². The lowest BCUT2D eigenvalue weighted by Crippen LogP contribution is -2.28. The number of nitrogens with zero attached hydrogens (tertiary/aromatic N) is 1. The molecule has 0 radical (unpaired) electrons. The third-order valence-electron chi connectivity index (χ3n) is 3.58. The molecule has 0 spiro atoms. The lowest BCUT2D eigenvalue weighted by molar-refractivity contribution is 0.276. The van der Waals surface area contributed by atoms with E-state index in [2.05, 4.69) is 10.3 Å². The number of nitrogens with one attached hydrogen (secondary N) is 1. The predicted molar refractivity (Wildman–Crippen MR) is 86.2 cm³/mol. The topological polar surface area (TPSA) is 34.1 Å². The highest BCUT2D eigenvalue weighted by Crippen LogP contribution is 2.30. The van der Waals surface area contributed by atoms with Gasteiger partial charge in [0.25, 0.3) is 0 Å². The van der Waals surface area contributed by atoms with E-state index in [9.17, 15) is 0 Å². The van der Waals surface area contributed by atoms with Crippen LogP contribution in [-0.2, 0) is 0 Å². The molecular formula is C16H16Cl2N2O. The van der Waals surface area contributed by atoms with Gasteiger partial charge in [0.15, 0.2) is 0 Å². The van der Waals surface area contributed by atoms with Crippen LogP contribution in [0.1, 0.15) is 12.8 Å². The number of pyridine rings is 1. The number of ether oxygens (including phenoxy) is 1. The molecule has 0 saturated carbocycles. The van der Waals surface area contributed by atoms with Crippen LogP contribution in [0.15, 0.2) is 36.5 Å². The molecule has 110 valence electrons. The zero-order valence-electron chi connectivity index (χ0n) is 11.5. The molecule has 0 bridgehead atoms. The molecule has 1 atom stereocenters. The van der Waals surface area contributed by atoms with E-state index in [1.54, 1.807) is 6.20 Å². The predicted octanol–water partition coefficient (Wildman–Crippen LogP) is 4.19. The van der Waals surface area contributed by atoms with Gasteiger partial charge in [0.2, 0.25) is 0 Å². The van der Waals surface area contributed by atoms with Gasteiger partial charge >= 0.3 is 0 Å². The minimum absolute atomic E-state index is 0.430. The molecule has 3 nitrogen and oxygen atoms in total. The van der Waals surface area contributed by atoms with E-state index >= 15 is 0 Å². The van der Waals surface area contributed by atoms with Crippen molar-refractivity contribution in [2.45, 2.75) is 18.9 Å². The lowest BCUT2D eigenvalue weighted by atomic mass is 10.1. The number of halogens is 2. The molecule has 3 rings (SSSR count). The Kier molecular flexibility index (Phi) is 4.63. The SMILES string of the molecule is Clc1ccc(-c2cc(OCC3CCCN3)cnc2Cl)cc1. The van der Waals surface area contributed by atoms with Crippen LogP contribution in [0.25, 0.3) is 11.1 Å². The quantitative estimate of drug-likeness (QED) is 0.857. The Labute approximate surface area is 134 Å². The molecule has 0 amide bonds. The number of benzene rings is 1. The van der Waals surface area contributed by atoms with Gasteiger partial charge in [-0.3, -0.25) is 0 Å². The van der Waals surface area contributed by atoms with Gasteiger partial charge < -0.3 is 10.1 Å². The maximum atomic E-state index is 6.19. The molecular weight excluding hydrogens is 307 g/mol. The largest absolute Gasteiger partial charge is 0.490 e. The van der Waals surface area contributed by atoms with Crippen LogP contribution in [-0.4, -0.2) is 24.2 Å². The summed E-state index contributed by atoms with van der Waals surface area (Å²) in [6, 6.07) is 9.88. The number of aromatic nitrogens is 1. The van der Waals surface area contributed by atoms with Crippen molar-refractivity contribution >= 4 is 23.2 Å². The summed E-state index contributed by atoms with van der Waals surface area (Å²) < 4.78 is 5.82. The molecule has 1 aliphatic rings. The van der Waals surface area contributed by atoms with Crippen molar-refractivity contribution in [2.75, 3.05) is 13.2 Å². The summed E-state index contributed by atoms with van der Waals surface area (Å²) in [5.74, 6) is 0.734. The van der Waals surface area contributed by atoms with Gasteiger partial charge in [0, 0.05) is 16.6 Å². The first-order valence-corrected chi connectivity index (χ1v) is 7.75. The van der Waals surface area contributed by atoms with Gasteiger partial charge in [-0.25, -0.2) is 4.98 Å². The second kappa shape index (κ2) is 6.65. The third-order valence-corrected chi connectivity index (χ3v) is 4.14. The molecule has 1 saturated heterocycles. The Morgan fingerprint density at radius 2 is 2.05 bits per heavy atom. The van der Waals surface area contributed by atoms with Crippen LogP contribution in [0, 0.1) is 0 Å². The van der Waals surface area contributed by atoms with Gasteiger partial charge in [0.05, 0.1) is 6.20 Å². The highest BCUT2D eigenvalue weighted by Gasteiger charge is 2.15. The molecule has 1 N–H and O–H groups in total. The van der Waals surface area contributed by atoms with E-state index < -0.39 is 0 Å². The molecule has 5 heteroatoms. The molecule has 1 aromatic carbocycles. The highest BCUT2D eigenvalue weighted by molar-refractivity contribution is 6.32. The van der Waals surface area contributed by atoms with Crippen molar-refractivity contribution in [3.63, 3.8) is 0 Å². The number of rotatable bonds is 4. The Balaban J connectivity index is 1.77. The molecule has 21 heavy (non-hydrogen) atoms. The van der Waals surface area contributed by atoms with Crippen molar-refractivity contribution in [1.29, 1.82) is 0 Å². The molecule has 1 unspecified atom stereocenters. The average Bonchev–Trinajstić information content (AvgIpc) is 3.01. The van der Waals surface area contributed by atoms with Crippen LogP contribution in [0.3, 0.4) is 0 Å². The van der Waals surface area contributed by atoms with Crippen LogP contribution < -0.4 is 10.1 Å². The minimum Gasteiger partial charge on any atom is -0.490 e. The summed E-state index contributed by atoms with van der Waals surface area (Å²) in [6.07, 6.45) is 4.03. The number of hydrogen-bond donors (Lipinski definition) is 1. The summed E-state index contributed by atoms with van der Waals surface area (Å²) in [4.78, 5) is 4.21. The van der Waals surface area contributed by atoms with Gasteiger partial charge in [-0.1, -0.05) is 35.3 Å². The van der Waals surface area contributed by atoms with E-state index in [-0.39, 0.29) is 0 Å². The van der Waals surface area contributed by atoms with Gasteiger partial charge in [-0.05, 0) is 43.1 Å². The van der Waals surface area contributed by atoms with E-state index in [1.165, 1.54) is 6.42 Å². The monoisotopic (exact) mass is 322 g/mol. The Morgan fingerprint density at radius 1 is 1.24 bits per heavy atom. The van der Waals surface area contributed by atoms with Gasteiger partial charge in [0.1, 0.15) is 17.5 Å². The van der Waals surface area contributed by atoms with E-state index in [0.717, 1.165) is 29.8 Å². The zero-order valence-corrected chi connectivity index (χ0v) is 13.0. The van der Waals surface area contributed by atoms with Crippen LogP contribution in [0.5, 0.6) is 5.75 Å². The summed E-state index contributed by atoms with van der Waals surface area (Å²) in [6.45, 7) is 1.73. The maximum absolute atomic E-state index is 6.19. The summed E-state index contributed by atoms with van der Waals surface area (Å²) >= 11 is 12.1. The molecule has 2 heterocycles. The average molecular weight is 323 g/mol. The minimum atomic E-state index is 0.430. The Morgan fingerprint density at radius 3 is 2.76 bits per heavy atom. The summed E-state index contributed by atoms with van der Waals surface area (Å²) in [5, 5.41) is 4.56. The highest BCUT2D eigenvalue weighted by atomic mass is 35.5. The zero-order chi connectivity index (χ0) is 14.7. The molecule has 0 aliphatic carbocycles. The summed E-state index contributed by atoms with van der Waals surface area (Å²) in [7, 11) is 0. The molecule has 1 aromatic heterocycles. The van der Waals surface area contributed by atoms with Crippen LogP contribution in [0.4, 0.5) is 0 Å². The molecule has 1 aliphatic heterocycles. The lowest BCUT2D eigenvalue weighted by Gasteiger charge is -2.13. The van der Waals surface area contributed by atoms with E-state index in [1.807, 2.05) is 30.3 Å². The van der Waals surface area contributed by atoms with Crippen molar-refractivity contribution in [3.05, 3.63) is 46.7 Å². The smallest absolute Gasteiger partial charge is 0.138 e. The normalized spacial score (nSPS) is 17.9. The van der Waals surface area contributed by atoms with Gasteiger partial charge in [-0.15, -0.1) is 0 Å². The fraction of sp³-hybridized carbons (Fsp3) is 0.312. The van der Waals surface area contributed by atoms with Crippen molar-refractivity contribution in [1.82, 2.24) is 10.3 Å². The Bertz CT molecular complexity index is 610. The second-order valence-corrected chi connectivity index (χ2v) is 5.92. The summed E-state index contributed by atoms with van der Waals surface area (Å²) in [5.41, 5.74) is 1.83. The van der Waals surface area contributed by atoms with Crippen molar-refractivity contribution in [2.24, 2.45) is 0 Å². The van der Waals surface area contributed by atoms with E-state index in [4.69, 9.17) is 27.9 Å². The maximum Gasteiger partial charge on any atom is 0.138 e. The Hall–Kier alpha value is -1.29. The third kappa shape index (κ3) is 3.67.